The van der Waals surface area contributed by atoms with Gasteiger partial charge in [0.2, 0.25) is 10.0 Å². The number of aromatic nitrogens is 1. The van der Waals surface area contributed by atoms with E-state index >= 15 is 0 Å². The van der Waals surface area contributed by atoms with Gasteiger partial charge < -0.3 is 9.64 Å². The van der Waals surface area contributed by atoms with Gasteiger partial charge >= 0.3 is 6.09 Å². The summed E-state index contributed by atoms with van der Waals surface area (Å²) in [7, 11) is -3.37. The Balaban J connectivity index is 1.52. The van der Waals surface area contributed by atoms with Crippen molar-refractivity contribution in [1.82, 2.24) is 14.2 Å². The molecule has 2 aliphatic heterocycles. The lowest BCUT2D eigenvalue weighted by Crippen LogP contribution is -2.61. The first-order chi connectivity index (χ1) is 12.2. The lowest BCUT2D eigenvalue weighted by molar-refractivity contribution is 0.0135. The van der Waals surface area contributed by atoms with Crippen LogP contribution in [-0.2, 0) is 14.8 Å². The number of carbonyl (C=O) groups is 1. The fourth-order valence-corrected chi connectivity index (χ4v) is 5.27. The highest BCUT2D eigenvalue weighted by Crippen LogP contribution is 2.31. The van der Waals surface area contributed by atoms with E-state index in [1.807, 2.05) is 12.1 Å². The van der Waals surface area contributed by atoms with Crippen LogP contribution >= 0.6 is 0 Å². The van der Waals surface area contributed by atoms with Crippen LogP contribution in [0.4, 0.5) is 4.79 Å². The number of sulfonamides is 1. The second-order valence-electron chi connectivity index (χ2n) is 8.01. The first-order valence-corrected chi connectivity index (χ1v) is 10.5. The summed E-state index contributed by atoms with van der Waals surface area (Å²) in [6.45, 7) is 6.86. The largest absolute Gasteiger partial charge is 0.444 e. The predicted molar refractivity (Wildman–Crippen MR) is 98.3 cm³/mol. The SMILES string of the molecule is CC(C)(C)OC(=O)N1CC(S(=O)(=O)N2CCC(c3ccncc3)CC2)C1. The minimum Gasteiger partial charge on any atom is -0.444 e. The fourth-order valence-electron chi connectivity index (χ4n) is 3.39. The van der Waals surface area contributed by atoms with Crippen molar-refractivity contribution in [2.75, 3.05) is 26.2 Å². The first kappa shape index (κ1) is 19.1. The van der Waals surface area contributed by atoms with Crippen molar-refractivity contribution in [2.24, 2.45) is 0 Å². The van der Waals surface area contributed by atoms with Crippen molar-refractivity contribution in [3.05, 3.63) is 30.1 Å². The third-order valence-corrected chi connectivity index (χ3v) is 7.14. The standard InChI is InChI=1S/C18H27N3O4S/c1-18(2,3)25-17(22)20-12-16(13-20)26(23,24)21-10-6-15(7-11-21)14-4-8-19-9-5-14/h4-5,8-9,15-16H,6-7,10-13H2,1-3H3. The molecule has 1 aromatic heterocycles. The summed E-state index contributed by atoms with van der Waals surface area (Å²) in [6.07, 6.45) is 4.73. The Labute approximate surface area is 155 Å². The molecule has 1 amide bonds. The van der Waals surface area contributed by atoms with E-state index in [4.69, 9.17) is 4.74 Å². The second kappa shape index (κ2) is 7.15. The summed E-state index contributed by atoms with van der Waals surface area (Å²) in [4.78, 5) is 17.5. The third-order valence-electron chi connectivity index (χ3n) is 4.91. The fraction of sp³-hybridized carbons (Fsp3) is 0.667. The number of likely N-dealkylation sites (tertiary alicyclic amines) is 1. The third kappa shape index (κ3) is 4.17. The molecule has 0 saturated carbocycles. The van der Waals surface area contributed by atoms with Crippen LogP contribution in [0, 0.1) is 0 Å². The number of amides is 1. The van der Waals surface area contributed by atoms with Gasteiger partial charge in [-0.25, -0.2) is 17.5 Å². The monoisotopic (exact) mass is 381 g/mol. The van der Waals surface area contributed by atoms with Crippen LogP contribution in [0.3, 0.4) is 0 Å². The van der Waals surface area contributed by atoms with E-state index in [-0.39, 0.29) is 13.1 Å². The Morgan fingerprint density at radius 1 is 1.15 bits per heavy atom. The van der Waals surface area contributed by atoms with Crippen LogP contribution in [0.25, 0.3) is 0 Å². The minimum atomic E-state index is -3.37. The molecule has 2 aliphatic rings. The van der Waals surface area contributed by atoms with Crippen molar-refractivity contribution in [2.45, 2.75) is 50.4 Å². The van der Waals surface area contributed by atoms with Crippen LogP contribution in [0.15, 0.2) is 24.5 Å². The van der Waals surface area contributed by atoms with E-state index in [1.54, 1.807) is 37.5 Å². The maximum atomic E-state index is 12.8. The highest BCUT2D eigenvalue weighted by molar-refractivity contribution is 7.89. The number of carbonyl (C=O) groups excluding carboxylic acids is 1. The Kier molecular flexibility index (Phi) is 5.25. The molecular formula is C18H27N3O4S. The first-order valence-electron chi connectivity index (χ1n) is 9.03. The Morgan fingerprint density at radius 3 is 2.27 bits per heavy atom. The Hall–Kier alpha value is -1.67. The number of rotatable bonds is 3. The van der Waals surface area contributed by atoms with E-state index in [0.717, 1.165) is 12.8 Å². The van der Waals surface area contributed by atoms with Crippen LogP contribution in [0.1, 0.15) is 45.1 Å². The Morgan fingerprint density at radius 2 is 1.73 bits per heavy atom. The maximum Gasteiger partial charge on any atom is 0.410 e. The van der Waals surface area contributed by atoms with E-state index in [1.165, 1.54) is 10.5 Å². The number of ether oxygens (including phenoxy) is 1. The molecule has 8 heteroatoms. The van der Waals surface area contributed by atoms with Crippen LogP contribution in [-0.4, -0.2) is 65.7 Å². The molecule has 2 fully saturated rings. The molecule has 0 unspecified atom stereocenters. The van der Waals surface area contributed by atoms with Crippen LogP contribution in [0.5, 0.6) is 0 Å². The number of hydrogen-bond acceptors (Lipinski definition) is 5. The van der Waals surface area contributed by atoms with Crippen LogP contribution < -0.4 is 0 Å². The Bertz CT molecular complexity index is 731. The van der Waals surface area contributed by atoms with Gasteiger partial charge in [-0.1, -0.05) is 0 Å². The molecule has 2 saturated heterocycles. The van der Waals surface area contributed by atoms with E-state index < -0.39 is 27.0 Å². The molecular weight excluding hydrogens is 354 g/mol. The molecule has 1 aromatic rings. The molecule has 144 valence electrons. The molecule has 0 bridgehead atoms. The molecule has 3 heterocycles. The number of pyridine rings is 1. The quantitative estimate of drug-likeness (QED) is 0.802. The molecule has 0 N–H and O–H groups in total. The summed E-state index contributed by atoms with van der Waals surface area (Å²) in [5.41, 5.74) is 0.646. The molecule has 0 radical (unpaired) electrons. The van der Waals surface area contributed by atoms with Crippen molar-refractivity contribution in [1.29, 1.82) is 0 Å². The zero-order valence-electron chi connectivity index (χ0n) is 15.6. The highest BCUT2D eigenvalue weighted by atomic mass is 32.2. The van der Waals surface area contributed by atoms with Crippen LogP contribution in [0.2, 0.25) is 0 Å². The zero-order chi connectivity index (χ0) is 18.9. The number of piperidine rings is 1. The molecule has 0 aliphatic carbocycles. The lowest BCUT2D eigenvalue weighted by Gasteiger charge is -2.42. The summed E-state index contributed by atoms with van der Waals surface area (Å²) in [5.74, 6) is 0.379. The lowest BCUT2D eigenvalue weighted by atomic mass is 9.91. The van der Waals surface area contributed by atoms with Gasteiger partial charge in [-0.2, -0.15) is 0 Å². The zero-order valence-corrected chi connectivity index (χ0v) is 16.4. The smallest absolute Gasteiger partial charge is 0.410 e. The van der Waals surface area contributed by atoms with Gasteiger partial charge in [0.25, 0.3) is 0 Å². The average Bonchev–Trinajstić information content (AvgIpc) is 2.52. The molecule has 0 spiro atoms. The van der Waals surface area contributed by atoms with E-state index in [0.29, 0.717) is 19.0 Å². The molecule has 26 heavy (non-hydrogen) atoms. The summed E-state index contributed by atoms with van der Waals surface area (Å²) in [5, 5.41) is -0.521. The summed E-state index contributed by atoms with van der Waals surface area (Å²) >= 11 is 0. The molecule has 3 rings (SSSR count). The van der Waals surface area contributed by atoms with Gasteiger partial charge in [-0.05, 0) is 57.2 Å². The molecule has 0 atom stereocenters. The topological polar surface area (TPSA) is 79.8 Å². The highest BCUT2D eigenvalue weighted by Gasteiger charge is 2.44. The summed E-state index contributed by atoms with van der Waals surface area (Å²) in [6, 6.07) is 4.00. The van der Waals surface area contributed by atoms with Gasteiger partial charge in [0.1, 0.15) is 10.9 Å². The van der Waals surface area contributed by atoms with Gasteiger partial charge in [-0.15, -0.1) is 0 Å². The molecule has 0 aromatic carbocycles. The van der Waals surface area contributed by atoms with Gasteiger partial charge in [0.05, 0.1) is 0 Å². The van der Waals surface area contributed by atoms with E-state index in [2.05, 4.69) is 4.98 Å². The maximum absolute atomic E-state index is 12.8. The molecule has 7 nitrogen and oxygen atoms in total. The number of hydrogen-bond donors (Lipinski definition) is 0. The number of nitrogens with zero attached hydrogens (tertiary/aromatic N) is 3. The van der Waals surface area contributed by atoms with Crippen molar-refractivity contribution in [3.8, 4) is 0 Å². The van der Waals surface area contributed by atoms with E-state index in [9.17, 15) is 13.2 Å². The van der Waals surface area contributed by atoms with Crippen molar-refractivity contribution in [3.63, 3.8) is 0 Å². The van der Waals surface area contributed by atoms with Crippen molar-refractivity contribution < 1.29 is 17.9 Å². The van der Waals surface area contributed by atoms with Gasteiger partial charge in [0, 0.05) is 38.6 Å². The normalized spacial score (nSPS) is 20.7. The predicted octanol–water partition coefficient (Wildman–Crippen LogP) is 2.21. The summed E-state index contributed by atoms with van der Waals surface area (Å²) < 4.78 is 32.5. The van der Waals surface area contributed by atoms with Crippen molar-refractivity contribution >= 4 is 16.1 Å². The van der Waals surface area contributed by atoms with Gasteiger partial charge in [0.15, 0.2) is 0 Å². The average molecular weight is 381 g/mol. The van der Waals surface area contributed by atoms with Gasteiger partial charge in [-0.3, -0.25) is 4.98 Å². The minimum absolute atomic E-state index is 0.210. The second-order valence-corrected chi connectivity index (χ2v) is 10.2.